The maximum Gasteiger partial charge on any atom is 0.0233 e. The van der Waals surface area contributed by atoms with E-state index in [2.05, 4.69) is 88.1 Å². The maximum atomic E-state index is 3.64. The van der Waals surface area contributed by atoms with E-state index in [0.717, 1.165) is 12.3 Å². The van der Waals surface area contributed by atoms with Crippen LogP contribution in [0.5, 0.6) is 0 Å². The van der Waals surface area contributed by atoms with Crippen molar-refractivity contribution in [3.05, 3.63) is 82.6 Å². The summed E-state index contributed by atoms with van der Waals surface area (Å²) in [6.07, 6.45) is 23.9. The molecule has 30 heavy (non-hydrogen) atoms. The zero-order valence-corrected chi connectivity index (χ0v) is 19.4. The summed E-state index contributed by atoms with van der Waals surface area (Å²) in [4.78, 5) is 0. The van der Waals surface area contributed by atoms with Crippen LogP contribution in [0.3, 0.4) is 0 Å². The van der Waals surface area contributed by atoms with Crippen molar-refractivity contribution in [3.63, 3.8) is 0 Å². The topological polar surface area (TPSA) is 0 Å². The van der Waals surface area contributed by atoms with Gasteiger partial charge in [-0.1, -0.05) is 69.7 Å². The highest BCUT2D eigenvalue weighted by Crippen LogP contribution is 2.46. The lowest BCUT2D eigenvalue weighted by Gasteiger charge is -2.42. The number of hydrogen-bond acceptors (Lipinski definition) is 0. The summed E-state index contributed by atoms with van der Waals surface area (Å²) in [7, 11) is 0. The average molecular weight is 399 g/mol. The molecule has 1 atom stereocenters. The minimum Gasteiger partial charge on any atom is -0.116 e. The van der Waals surface area contributed by atoms with Gasteiger partial charge in [-0.3, -0.25) is 0 Å². The van der Waals surface area contributed by atoms with Crippen LogP contribution < -0.4 is 0 Å². The van der Waals surface area contributed by atoms with E-state index in [1.807, 2.05) is 0 Å². The van der Waals surface area contributed by atoms with Crippen molar-refractivity contribution < 1.29 is 0 Å². The summed E-state index contributed by atoms with van der Waals surface area (Å²) in [5, 5.41) is 0. The van der Waals surface area contributed by atoms with Crippen molar-refractivity contribution in [2.45, 2.75) is 89.9 Å². The molecule has 158 valence electrons. The highest BCUT2D eigenvalue weighted by molar-refractivity contribution is 5.75. The first-order chi connectivity index (χ1) is 14.4. The van der Waals surface area contributed by atoms with E-state index in [1.165, 1.54) is 67.2 Å². The Hall–Kier alpha value is -2.04. The van der Waals surface area contributed by atoms with Crippen LogP contribution in [0, 0.1) is 5.92 Å². The van der Waals surface area contributed by atoms with Crippen LogP contribution in [0.25, 0.3) is 5.57 Å². The zero-order valence-electron chi connectivity index (χ0n) is 19.4. The van der Waals surface area contributed by atoms with E-state index in [1.54, 1.807) is 5.57 Å². The average Bonchev–Trinajstić information content (AvgIpc) is 2.66. The SMILES string of the molecule is CC1(C)CCC(C)(C)c2cc(C3=C=CC/C(C4CC/C=C\CCC4)=C\C=C/3)ccc21. The summed E-state index contributed by atoms with van der Waals surface area (Å²) < 4.78 is 0. The van der Waals surface area contributed by atoms with Crippen molar-refractivity contribution in [1.29, 1.82) is 0 Å². The summed E-state index contributed by atoms with van der Waals surface area (Å²) in [6.45, 7) is 9.60. The van der Waals surface area contributed by atoms with E-state index in [9.17, 15) is 0 Å². The van der Waals surface area contributed by atoms with Crippen LogP contribution in [-0.4, -0.2) is 0 Å². The molecule has 1 aromatic rings. The van der Waals surface area contributed by atoms with Gasteiger partial charge in [0.1, 0.15) is 0 Å². The molecule has 1 aromatic carbocycles. The Labute approximate surface area is 184 Å². The second-order valence-electron chi connectivity index (χ2n) is 10.8. The fraction of sp³-hybridized carbons (Fsp3) is 0.500. The van der Waals surface area contributed by atoms with Gasteiger partial charge in [-0.2, -0.15) is 0 Å². The number of hydrogen-bond donors (Lipinski definition) is 0. The second kappa shape index (κ2) is 8.60. The van der Waals surface area contributed by atoms with Crippen LogP contribution in [-0.2, 0) is 10.8 Å². The first-order valence-corrected chi connectivity index (χ1v) is 12.0. The molecule has 0 saturated carbocycles. The Morgan fingerprint density at radius 1 is 0.900 bits per heavy atom. The van der Waals surface area contributed by atoms with Crippen LogP contribution in [0.15, 0.2) is 66.0 Å². The standard InChI is InChI=1S/C30H38/c1-29(2)20-21-30(3,4)28-22-26(18-19-27(28)29)25-16-10-14-24(15-11-17-25)23-12-8-6-5-7-9-13-23/h5-6,10-11,14,16,18-19,22-23H,7-9,12-13,15,20-21H2,1-4H3/b6-5-,16-10-,24-14+. The van der Waals surface area contributed by atoms with Gasteiger partial charge in [0.25, 0.3) is 0 Å². The number of fused-ring (bicyclic) bond motifs is 1. The van der Waals surface area contributed by atoms with Gasteiger partial charge in [0.15, 0.2) is 0 Å². The molecule has 0 saturated heterocycles. The Balaban J connectivity index is 1.59. The van der Waals surface area contributed by atoms with Gasteiger partial charge in [0, 0.05) is 5.57 Å². The molecule has 0 aromatic heterocycles. The first kappa shape index (κ1) is 21.2. The van der Waals surface area contributed by atoms with Crippen molar-refractivity contribution in [1.82, 2.24) is 0 Å². The van der Waals surface area contributed by atoms with Gasteiger partial charge in [-0.15, -0.1) is 5.73 Å². The lowest BCUT2D eigenvalue weighted by Crippen LogP contribution is -2.33. The van der Waals surface area contributed by atoms with E-state index in [0.29, 0.717) is 0 Å². The predicted molar refractivity (Wildman–Crippen MR) is 131 cm³/mol. The smallest absolute Gasteiger partial charge is 0.0233 e. The highest BCUT2D eigenvalue weighted by atomic mass is 14.4. The normalized spacial score (nSPS) is 29.1. The molecule has 0 bridgehead atoms. The summed E-state index contributed by atoms with van der Waals surface area (Å²) in [5.41, 5.74) is 11.3. The third-order valence-corrected chi connectivity index (χ3v) is 7.63. The molecule has 0 radical (unpaired) electrons. The fourth-order valence-electron chi connectivity index (χ4n) is 5.43. The van der Waals surface area contributed by atoms with E-state index in [4.69, 9.17) is 0 Å². The Morgan fingerprint density at radius 2 is 1.67 bits per heavy atom. The zero-order chi connectivity index (χ0) is 21.2. The summed E-state index contributed by atoms with van der Waals surface area (Å²) in [5.74, 6) is 0.728. The molecule has 3 aliphatic rings. The fourth-order valence-corrected chi connectivity index (χ4v) is 5.43. The van der Waals surface area contributed by atoms with Gasteiger partial charge >= 0.3 is 0 Å². The molecular weight excluding hydrogens is 360 g/mol. The monoisotopic (exact) mass is 398 g/mol. The van der Waals surface area contributed by atoms with Crippen molar-refractivity contribution in [3.8, 4) is 0 Å². The number of allylic oxidation sites excluding steroid dienone is 7. The summed E-state index contributed by atoms with van der Waals surface area (Å²) >= 11 is 0. The molecule has 0 spiro atoms. The number of rotatable bonds is 2. The highest BCUT2D eigenvalue weighted by Gasteiger charge is 2.37. The molecule has 0 amide bonds. The van der Waals surface area contributed by atoms with E-state index in [-0.39, 0.29) is 10.8 Å². The molecular formula is C30H38. The van der Waals surface area contributed by atoms with Gasteiger partial charge < -0.3 is 0 Å². The molecule has 0 N–H and O–H groups in total. The molecule has 3 aliphatic carbocycles. The van der Waals surface area contributed by atoms with Crippen LogP contribution in [0.2, 0.25) is 0 Å². The van der Waals surface area contributed by atoms with Crippen LogP contribution >= 0.6 is 0 Å². The Morgan fingerprint density at radius 3 is 2.50 bits per heavy atom. The Bertz CT molecular complexity index is 938. The summed E-state index contributed by atoms with van der Waals surface area (Å²) in [6, 6.07) is 7.15. The molecule has 0 heterocycles. The van der Waals surface area contributed by atoms with Crippen molar-refractivity contribution in [2.24, 2.45) is 5.92 Å². The third-order valence-electron chi connectivity index (χ3n) is 7.63. The molecule has 0 nitrogen and oxygen atoms in total. The molecule has 0 aliphatic heterocycles. The van der Waals surface area contributed by atoms with Crippen molar-refractivity contribution >= 4 is 5.57 Å². The molecule has 1 unspecified atom stereocenters. The molecule has 4 rings (SSSR count). The van der Waals surface area contributed by atoms with Gasteiger partial charge in [-0.05, 0) is 103 Å². The van der Waals surface area contributed by atoms with Gasteiger partial charge in [-0.25, -0.2) is 0 Å². The second-order valence-corrected chi connectivity index (χ2v) is 10.8. The largest absolute Gasteiger partial charge is 0.116 e. The minimum atomic E-state index is 0.246. The Kier molecular flexibility index (Phi) is 6.08. The maximum absolute atomic E-state index is 3.64. The quantitative estimate of drug-likeness (QED) is 0.345. The minimum absolute atomic E-state index is 0.246. The molecule has 0 heteroatoms. The van der Waals surface area contributed by atoms with Gasteiger partial charge in [0.05, 0.1) is 0 Å². The first-order valence-electron chi connectivity index (χ1n) is 12.0. The number of benzene rings is 1. The van der Waals surface area contributed by atoms with Crippen LogP contribution in [0.4, 0.5) is 0 Å². The third kappa shape index (κ3) is 4.50. The van der Waals surface area contributed by atoms with E-state index < -0.39 is 0 Å². The molecule has 0 fully saturated rings. The predicted octanol–water partition coefficient (Wildman–Crippen LogP) is 8.60. The van der Waals surface area contributed by atoms with Crippen LogP contribution in [0.1, 0.15) is 95.8 Å². The van der Waals surface area contributed by atoms with E-state index >= 15 is 0 Å². The van der Waals surface area contributed by atoms with Gasteiger partial charge in [0.2, 0.25) is 0 Å². The lowest BCUT2D eigenvalue weighted by molar-refractivity contribution is 0.332. The van der Waals surface area contributed by atoms with Crippen molar-refractivity contribution in [2.75, 3.05) is 0 Å². The lowest BCUT2D eigenvalue weighted by atomic mass is 9.63.